The van der Waals surface area contributed by atoms with E-state index in [1.807, 2.05) is 16.8 Å². The van der Waals surface area contributed by atoms with Crippen LogP contribution >= 0.6 is 22.6 Å². The van der Waals surface area contributed by atoms with Crippen LogP contribution in [0.5, 0.6) is 0 Å². The standard InChI is InChI=1S/C14H15IN2O3/c1-19-14(18)9-5-6-10-11(8-9)17(16-13(10)15)12-4-2-3-7-20-12/h5-6,8,12H,2-4,7H2,1H3. The maximum Gasteiger partial charge on any atom is 0.337 e. The molecule has 1 aromatic heterocycles. The van der Waals surface area contributed by atoms with Crippen LogP contribution < -0.4 is 0 Å². The monoisotopic (exact) mass is 386 g/mol. The smallest absolute Gasteiger partial charge is 0.337 e. The fraction of sp³-hybridized carbons (Fsp3) is 0.429. The number of nitrogens with zero attached hydrogens (tertiary/aromatic N) is 2. The molecule has 2 aromatic rings. The first-order valence-corrected chi connectivity index (χ1v) is 7.66. The molecule has 2 heterocycles. The first-order valence-electron chi connectivity index (χ1n) is 6.58. The lowest BCUT2D eigenvalue weighted by Gasteiger charge is -2.23. The van der Waals surface area contributed by atoms with Gasteiger partial charge in [0.1, 0.15) is 3.70 Å². The van der Waals surface area contributed by atoms with Crippen molar-refractivity contribution < 1.29 is 14.3 Å². The van der Waals surface area contributed by atoms with Crippen LogP contribution in [0.1, 0.15) is 35.8 Å². The van der Waals surface area contributed by atoms with Crippen molar-refractivity contribution in [3.8, 4) is 0 Å². The van der Waals surface area contributed by atoms with Crippen LogP contribution in [0.4, 0.5) is 0 Å². The molecular weight excluding hydrogens is 371 g/mol. The zero-order valence-corrected chi connectivity index (χ0v) is 13.3. The molecule has 0 amide bonds. The summed E-state index contributed by atoms with van der Waals surface area (Å²) in [6, 6.07) is 5.51. The molecule has 5 nitrogen and oxygen atoms in total. The zero-order chi connectivity index (χ0) is 14.1. The second kappa shape index (κ2) is 5.69. The molecule has 1 atom stereocenters. The van der Waals surface area contributed by atoms with E-state index in [1.54, 1.807) is 6.07 Å². The number of hydrogen-bond acceptors (Lipinski definition) is 4. The zero-order valence-electron chi connectivity index (χ0n) is 11.1. The van der Waals surface area contributed by atoms with Crippen molar-refractivity contribution in [3.63, 3.8) is 0 Å². The lowest BCUT2D eigenvalue weighted by Crippen LogP contribution is -2.19. The molecule has 20 heavy (non-hydrogen) atoms. The molecule has 0 radical (unpaired) electrons. The molecule has 6 heteroatoms. The lowest BCUT2D eigenvalue weighted by molar-refractivity contribution is -0.0368. The highest BCUT2D eigenvalue weighted by Gasteiger charge is 2.21. The number of esters is 1. The van der Waals surface area contributed by atoms with Gasteiger partial charge in [0.05, 0.1) is 18.2 Å². The Morgan fingerprint density at radius 3 is 3.05 bits per heavy atom. The van der Waals surface area contributed by atoms with E-state index in [0.717, 1.165) is 40.5 Å². The molecule has 106 valence electrons. The van der Waals surface area contributed by atoms with Crippen molar-refractivity contribution in [1.82, 2.24) is 9.78 Å². The van der Waals surface area contributed by atoms with Gasteiger partial charge in [-0.05, 0) is 60.1 Å². The molecule has 1 aromatic carbocycles. The van der Waals surface area contributed by atoms with Crippen molar-refractivity contribution in [2.75, 3.05) is 13.7 Å². The summed E-state index contributed by atoms with van der Waals surface area (Å²) >= 11 is 2.21. The minimum Gasteiger partial charge on any atom is -0.465 e. The van der Waals surface area contributed by atoms with Crippen LogP contribution in [-0.4, -0.2) is 29.5 Å². The van der Waals surface area contributed by atoms with Crippen LogP contribution in [0.25, 0.3) is 10.9 Å². The molecule has 0 saturated carbocycles. The van der Waals surface area contributed by atoms with E-state index >= 15 is 0 Å². The van der Waals surface area contributed by atoms with Gasteiger partial charge in [0, 0.05) is 12.0 Å². The molecule has 0 N–H and O–H groups in total. The summed E-state index contributed by atoms with van der Waals surface area (Å²) in [4.78, 5) is 11.7. The highest BCUT2D eigenvalue weighted by molar-refractivity contribution is 14.1. The van der Waals surface area contributed by atoms with E-state index in [-0.39, 0.29) is 12.2 Å². The number of hydrogen-bond donors (Lipinski definition) is 0. The second-order valence-electron chi connectivity index (χ2n) is 4.78. The predicted octanol–water partition coefficient (Wildman–Crippen LogP) is 3.13. The highest BCUT2D eigenvalue weighted by atomic mass is 127. The van der Waals surface area contributed by atoms with Gasteiger partial charge in [-0.1, -0.05) is 0 Å². The van der Waals surface area contributed by atoms with Gasteiger partial charge < -0.3 is 9.47 Å². The number of rotatable bonds is 2. The summed E-state index contributed by atoms with van der Waals surface area (Å²) in [7, 11) is 1.39. The molecule has 0 aliphatic carbocycles. The van der Waals surface area contributed by atoms with Gasteiger partial charge in [0.15, 0.2) is 6.23 Å². The van der Waals surface area contributed by atoms with Crippen LogP contribution in [0, 0.1) is 3.70 Å². The highest BCUT2D eigenvalue weighted by Crippen LogP contribution is 2.29. The molecule has 1 saturated heterocycles. The third-order valence-electron chi connectivity index (χ3n) is 3.51. The Morgan fingerprint density at radius 2 is 2.35 bits per heavy atom. The number of ether oxygens (including phenoxy) is 2. The number of carbonyl (C=O) groups is 1. The maximum absolute atomic E-state index is 11.7. The number of halogens is 1. The number of aromatic nitrogens is 2. The lowest BCUT2D eigenvalue weighted by atomic mass is 10.1. The van der Waals surface area contributed by atoms with Crippen molar-refractivity contribution in [2.24, 2.45) is 0 Å². The van der Waals surface area contributed by atoms with Crippen LogP contribution in [0.3, 0.4) is 0 Å². The first-order chi connectivity index (χ1) is 9.70. The Morgan fingerprint density at radius 1 is 1.50 bits per heavy atom. The van der Waals surface area contributed by atoms with Gasteiger partial charge in [-0.15, -0.1) is 0 Å². The van der Waals surface area contributed by atoms with E-state index in [1.165, 1.54) is 7.11 Å². The van der Waals surface area contributed by atoms with Gasteiger partial charge in [-0.3, -0.25) is 0 Å². The Labute approximate surface area is 130 Å². The fourth-order valence-corrected chi connectivity index (χ4v) is 3.17. The third kappa shape index (κ3) is 2.42. The average molecular weight is 386 g/mol. The normalized spacial score (nSPS) is 19.2. The number of benzene rings is 1. The SMILES string of the molecule is COC(=O)c1ccc2c(I)nn(C3CCCCO3)c2c1. The van der Waals surface area contributed by atoms with Crippen LogP contribution in [0.15, 0.2) is 18.2 Å². The Balaban J connectivity index is 2.08. The molecule has 0 spiro atoms. The summed E-state index contributed by atoms with van der Waals surface area (Å²) in [5, 5.41) is 5.60. The molecule has 1 aliphatic heterocycles. The Hall–Kier alpha value is -1.15. The molecule has 0 bridgehead atoms. The predicted molar refractivity (Wildman–Crippen MR) is 82.6 cm³/mol. The maximum atomic E-state index is 11.7. The number of carbonyl (C=O) groups excluding carboxylic acids is 1. The molecule has 1 fully saturated rings. The minimum atomic E-state index is -0.334. The molecule has 3 rings (SSSR count). The Bertz CT molecular complexity index is 647. The van der Waals surface area contributed by atoms with Crippen molar-refractivity contribution in [1.29, 1.82) is 0 Å². The van der Waals surface area contributed by atoms with E-state index in [9.17, 15) is 4.79 Å². The minimum absolute atomic E-state index is 0.0392. The molecular formula is C14H15IN2O3. The summed E-state index contributed by atoms with van der Waals surface area (Å²) in [5.41, 5.74) is 1.46. The second-order valence-corrected chi connectivity index (χ2v) is 5.80. The summed E-state index contributed by atoms with van der Waals surface area (Å²) in [6.45, 7) is 0.763. The van der Waals surface area contributed by atoms with Gasteiger partial charge in [0.25, 0.3) is 0 Å². The average Bonchev–Trinajstić information content (AvgIpc) is 2.84. The quantitative estimate of drug-likeness (QED) is 0.588. The van der Waals surface area contributed by atoms with Crippen LogP contribution in [-0.2, 0) is 9.47 Å². The van der Waals surface area contributed by atoms with E-state index in [4.69, 9.17) is 9.47 Å². The van der Waals surface area contributed by atoms with Gasteiger partial charge in [-0.2, -0.15) is 5.10 Å². The third-order valence-corrected chi connectivity index (χ3v) is 4.31. The number of fused-ring (bicyclic) bond motifs is 1. The number of methoxy groups -OCH3 is 1. The topological polar surface area (TPSA) is 53.3 Å². The van der Waals surface area contributed by atoms with Gasteiger partial charge in [-0.25, -0.2) is 9.48 Å². The fourth-order valence-electron chi connectivity index (χ4n) is 2.48. The van der Waals surface area contributed by atoms with Crippen LogP contribution in [0.2, 0.25) is 0 Å². The van der Waals surface area contributed by atoms with Crippen molar-refractivity contribution in [2.45, 2.75) is 25.5 Å². The van der Waals surface area contributed by atoms with E-state index in [0.29, 0.717) is 5.56 Å². The molecule has 1 unspecified atom stereocenters. The largest absolute Gasteiger partial charge is 0.465 e. The summed E-state index contributed by atoms with van der Waals surface area (Å²) in [5.74, 6) is -0.334. The first kappa shape index (κ1) is 13.8. The molecule has 1 aliphatic rings. The van der Waals surface area contributed by atoms with Gasteiger partial charge >= 0.3 is 5.97 Å². The van der Waals surface area contributed by atoms with E-state index < -0.39 is 0 Å². The summed E-state index contributed by atoms with van der Waals surface area (Å²) < 4.78 is 13.4. The van der Waals surface area contributed by atoms with E-state index in [2.05, 4.69) is 27.7 Å². The van der Waals surface area contributed by atoms with Gasteiger partial charge in [0.2, 0.25) is 0 Å². The van der Waals surface area contributed by atoms with Crippen molar-refractivity contribution in [3.05, 3.63) is 27.5 Å². The van der Waals surface area contributed by atoms with Crippen molar-refractivity contribution >= 4 is 39.5 Å². The Kier molecular flexibility index (Phi) is 3.93. The summed E-state index contributed by atoms with van der Waals surface area (Å²) in [6.07, 6.45) is 3.15.